The zero-order chi connectivity index (χ0) is 13.4. The lowest BCUT2D eigenvalue weighted by Gasteiger charge is -2.06. The van der Waals surface area contributed by atoms with Crippen LogP contribution in [-0.4, -0.2) is 4.98 Å². The molecular weight excluding hydrogens is 242 g/mol. The van der Waals surface area contributed by atoms with Gasteiger partial charge < -0.3 is 0 Å². The molecule has 3 aromatic carbocycles. The zero-order valence-corrected chi connectivity index (χ0v) is 11.0. The SMILES string of the molecule is c1ccc(-c2ccc3c(ccc4ccccc43)n2)cc1. The van der Waals surface area contributed by atoms with Gasteiger partial charge in [-0.15, -0.1) is 0 Å². The van der Waals surface area contributed by atoms with E-state index >= 15 is 0 Å². The number of benzene rings is 3. The second-order valence-electron chi connectivity index (χ2n) is 4.92. The molecule has 0 aliphatic heterocycles. The van der Waals surface area contributed by atoms with E-state index in [1.165, 1.54) is 16.2 Å². The molecule has 0 radical (unpaired) electrons. The van der Waals surface area contributed by atoms with Crippen molar-refractivity contribution in [3.63, 3.8) is 0 Å². The molecule has 0 spiro atoms. The molecule has 0 fully saturated rings. The molecule has 1 aromatic heterocycles. The van der Waals surface area contributed by atoms with Gasteiger partial charge in [0.25, 0.3) is 0 Å². The van der Waals surface area contributed by atoms with Crippen molar-refractivity contribution in [1.29, 1.82) is 0 Å². The Hall–Kier alpha value is -2.67. The average Bonchev–Trinajstić information content (AvgIpc) is 2.55. The monoisotopic (exact) mass is 255 g/mol. The van der Waals surface area contributed by atoms with Crippen LogP contribution >= 0.6 is 0 Å². The molecule has 0 aliphatic rings. The summed E-state index contributed by atoms with van der Waals surface area (Å²) in [4.78, 5) is 4.80. The summed E-state index contributed by atoms with van der Waals surface area (Å²) in [6.45, 7) is 0. The molecule has 0 aliphatic carbocycles. The van der Waals surface area contributed by atoms with Crippen molar-refractivity contribution < 1.29 is 0 Å². The predicted octanol–water partition coefficient (Wildman–Crippen LogP) is 5.06. The number of aromatic nitrogens is 1. The lowest BCUT2D eigenvalue weighted by Crippen LogP contribution is -1.86. The Bertz CT molecular complexity index is 895. The van der Waals surface area contributed by atoms with Gasteiger partial charge in [0, 0.05) is 10.9 Å². The first-order valence-corrected chi connectivity index (χ1v) is 6.76. The lowest BCUT2D eigenvalue weighted by atomic mass is 10.0. The van der Waals surface area contributed by atoms with Crippen molar-refractivity contribution in [3.8, 4) is 11.3 Å². The summed E-state index contributed by atoms with van der Waals surface area (Å²) in [7, 11) is 0. The molecule has 0 atom stereocenters. The zero-order valence-electron chi connectivity index (χ0n) is 11.0. The van der Waals surface area contributed by atoms with Crippen LogP contribution in [0.4, 0.5) is 0 Å². The van der Waals surface area contributed by atoms with E-state index < -0.39 is 0 Å². The number of nitrogens with zero attached hydrogens (tertiary/aromatic N) is 1. The fraction of sp³-hybridized carbons (Fsp3) is 0. The minimum Gasteiger partial charge on any atom is -0.248 e. The van der Waals surface area contributed by atoms with Gasteiger partial charge >= 0.3 is 0 Å². The van der Waals surface area contributed by atoms with Crippen LogP contribution in [0.2, 0.25) is 0 Å². The van der Waals surface area contributed by atoms with Crippen molar-refractivity contribution in [2.75, 3.05) is 0 Å². The van der Waals surface area contributed by atoms with E-state index in [4.69, 9.17) is 4.98 Å². The van der Waals surface area contributed by atoms with Crippen molar-refractivity contribution in [2.45, 2.75) is 0 Å². The summed E-state index contributed by atoms with van der Waals surface area (Å²) >= 11 is 0. The summed E-state index contributed by atoms with van der Waals surface area (Å²) in [5.41, 5.74) is 3.22. The van der Waals surface area contributed by atoms with E-state index in [1.54, 1.807) is 0 Å². The van der Waals surface area contributed by atoms with Crippen molar-refractivity contribution in [3.05, 3.63) is 78.9 Å². The standard InChI is InChI=1S/C19H13N/c1-2-7-15(8-3-1)18-13-11-17-16-9-5-4-6-14(16)10-12-19(17)20-18/h1-13H. The number of hydrogen-bond acceptors (Lipinski definition) is 1. The highest BCUT2D eigenvalue weighted by Crippen LogP contribution is 2.26. The Morgan fingerprint density at radius 2 is 1.35 bits per heavy atom. The van der Waals surface area contributed by atoms with Gasteiger partial charge in [-0.1, -0.05) is 66.7 Å². The maximum Gasteiger partial charge on any atom is 0.0715 e. The molecule has 0 unspecified atom stereocenters. The number of fused-ring (bicyclic) bond motifs is 3. The molecule has 4 rings (SSSR count). The van der Waals surface area contributed by atoms with Gasteiger partial charge in [0.05, 0.1) is 11.2 Å². The second-order valence-corrected chi connectivity index (χ2v) is 4.92. The summed E-state index contributed by atoms with van der Waals surface area (Å²) in [5, 5.41) is 3.73. The molecule has 1 heterocycles. The average molecular weight is 255 g/mol. The molecular formula is C19H13N. The first kappa shape index (κ1) is 11.2. The van der Waals surface area contributed by atoms with Crippen molar-refractivity contribution >= 4 is 21.7 Å². The maximum absolute atomic E-state index is 4.80. The third-order valence-electron chi connectivity index (χ3n) is 3.67. The van der Waals surface area contributed by atoms with Crippen molar-refractivity contribution in [1.82, 2.24) is 4.98 Å². The summed E-state index contributed by atoms with van der Waals surface area (Å²) in [5.74, 6) is 0. The topological polar surface area (TPSA) is 12.9 Å². The van der Waals surface area contributed by atoms with E-state index in [2.05, 4.69) is 60.7 Å². The van der Waals surface area contributed by atoms with Gasteiger partial charge in [-0.25, -0.2) is 4.98 Å². The first-order chi connectivity index (χ1) is 9.92. The fourth-order valence-corrected chi connectivity index (χ4v) is 2.66. The van der Waals surface area contributed by atoms with E-state index in [0.29, 0.717) is 0 Å². The molecule has 20 heavy (non-hydrogen) atoms. The van der Waals surface area contributed by atoms with E-state index in [1.807, 2.05) is 18.2 Å². The Balaban J connectivity index is 1.99. The van der Waals surface area contributed by atoms with E-state index in [9.17, 15) is 0 Å². The molecule has 0 bridgehead atoms. The number of hydrogen-bond donors (Lipinski definition) is 0. The number of pyridine rings is 1. The molecule has 1 heteroatoms. The van der Waals surface area contributed by atoms with Crippen LogP contribution in [0, 0.1) is 0 Å². The normalized spacial score (nSPS) is 11.0. The molecule has 4 aromatic rings. The van der Waals surface area contributed by atoms with Gasteiger partial charge in [-0.05, 0) is 22.9 Å². The van der Waals surface area contributed by atoms with Gasteiger partial charge in [-0.2, -0.15) is 0 Å². The fourth-order valence-electron chi connectivity index (χ4n) is 2.66. The minimum absolute atomic E-state index is 1.02. The molecule has 0 saturated carbocycles. The van der Waals surface area contributed by atoms with Crippen molar-refractivity contribution in [2.24, 2.45) is 0 Å². The van der Waals surface area contributed by atoms with Gasteiger partial charge in [0.15, 0.2) is 0 Å². The molecule has 0 saturated heterocycles. The van der Waals surface area contributed by atoms with Gasteiger partial charge in [-0.3, -0.25) is 0 Å². The van der Waals surface area contributed by atoms with Crippen LogP contribution in [0.3, 0.4) is 0 Å². The maximum atomic E-state index is 4.80. The molecule has 0 N–H and O–H groups in total. The quantitative estimate of drug-likeness (QED) is 0.433. The van der Waals surface area contributed by atoms with Crippen LogP contribution in [0.1, 0.15) is 0 Å². The first-order valence-electron chi connectivity index (χ1n) is 6.76. The minimum atomic E-state index is 1.02. The van der Waals surface area contributed by atoms with Gasteiger partial charge in [0.1, 0.15) is 0 Å². The van der Waals surface area contributed by atoms with E-state index in [-0.39, 0.29) is 0 Å². The highest BCUT2D eigenvalue weighted by Gasteiger charge is 2.03. The van der Waals surface area contributed by atoms with Crippen LogP contribution in [0.25, 0.3) is 32.9 Å². The molecule has 0 amide bonds. The van der Waals surface area contributed by atoms with Crippen LogP contribution in [0.5, 0.6) is 0 Å². The van der Waals surface area contributed by atoms with Crippen LogP contribution in [0.15, 0.2) is 78.9 Å². The largest absolute Gasteiger partial charge is 0.248 e. The van der Waals surface area contributed by atoms with Crippen LogP contribution in [-0.2, 0) is 0 Å². The number of rotatable bonds is 1. The lowest BCUT2D eigenvalue weighted by molar-refractivity contribution is 1.40. The molecule has 94 valence electrons. The van der Waals surface area contributed by atoms with Crippen LogP contribution < -0.4 is 0 Å². The Labute approximate surface area is 117 Å². The highest BCUT2D eigenvalue weighted by molar-refractivity contribution is 6.06. The molecule has 1 nitrogen and oxygen atoms in total. The van der Waals surface area contributed by atoms with E-state index in [0.717, 1.165) is 16.8 Å². The third kappa shape index (κ3) is 1.76. The smallest absolute Gasteiger partial charge is 0.0715 e. The summed E-state index contributed by atoms with van der Waals surface area (Å²) in [6.07, 6.45) is 0. The Morgan fingerprint density at radius 3 is 2.25 bits per heavy atom. The second kappa shape index (κ2) is 4.46. The third-order valence-corrected chi connectivity index (χ3v) is 3.67. The summed E-state index contributed by atoms with van der Waals surface area (Å²) in [6, 6.07) is 27.3. The Morgan fingerprint density at radius 1 is 0.550 bits per heavy atom. The van der Waals surface area contributed by atoms with Gasteiger partial charge in [0.2, 0.25) is 0 Å². The summed E-state index contributed by atoms with van der Waals surface area (Å²) < 4.78 is 0. The predicted molar refractivity (Wildman–Crippen MR) is 84.7 cm³/mol. The Kier molecular flexibility index (Phi) is 2.49. The highest BCUT2D eigenvalue weighted by atomic mass is 14.7.